The lowest BCUT2D eigenvalue weighted by molar-refractivity contribution is 0.0474. The van der Waals surface area contributed by atoms with E-state index >= 15 is 0 Å². The molecule has 1 aliphatic carbocycles. The lowest BCUT2D eigenvalue weighted by Crippen LogP contribution is -2.53. The maximum atomic E-state index is 11.4. The third-order valence-electron chi connectivity index (χ3n) is 2.85. The van der Waals surface area contributed by atoms with Crippen LogP contribution in [0.2, 0.25) is 0 Å². The molecule has 0 aromatic carbocycles. The molecular weight excluding hydrogens is 180 g/mol. The Balaban J connectivity index is 2.25. The van der Waals surface area contributed by atoms with E-state index in [4.69, 9.17) is 0 Å². The number of rotatable bonds is 3. The molecule has 14 heavy (non-hydrogen) atoms. The first-order chi connectivity index (χ1) is 6.39. The number of amides is 2. The Bertz CT molecular complexity index is 207. The van der Waals surface area contributed by atoms with Crippen molar-refractivity contribution >= 4 is 6.03 Å². The monoisotopic (exact) mass is 200 g/mol. The van der Waals surface area contributed by atoms with Crippen LogP contribution in [0.25, 0.3) is 0 Å². The predicted octanol–water partition coefficient (Wildman–Crippen LogP) is 0.997. The maximum absolute atomic E-state index is 11.4. The SMILES string of the molecule is CC(NC(=O)NC1CCC1)C(C)(C)O. The Morgan fingerprint density at radius 3 is 2.43 bits per heavy atom. The molecule has 4 nitrogen and oxygen atoms in total. The van der Waals surface area contributed by atoms with Crippen molar-refractivity contribution < 1.29 is 9.90 Å². The molecule has 82 valence electrons. The minimum Gasteiger partial charge on any atom is -0.388 e. The average Bonchev–Trinajstić information content (AvgIpc) is 1.95. The van der Waals surface area contributed by atoms with Gasteiger partial charge in [-0.2, -0.15) is 0 Å². The third kappa shape index (κ3) is 3.18. The smallest absolute Gasteiger partial charge is 0.315 e. The first-order valence-corrected chi connectivity index (χ1v) is 5.19. The number of hydrogen-bond donors (Lipinski definition) is 3. The summed E-state index contributed by atoms with van der Waals surface area (Å²) in [5.41, 5.74) is -0.878. The summed E-state index contributed by atoms with van der Waals surface area (Å²) < 4.78 is 0. The molecule has 0 aliphatic heterocycles. The van der Waals surface area contributed by atoms with Gasteiger partial charge in [-0.15, -0.1) is 0 Å². The van der Waals surface area contributed by atoms with E-state index in [-0.39, 0.29) is 12.1 Å². The molecule has 1 fully saturated rings. The Hall–Kier alpha value is -0.770. The van der Waals surface area contributed by atoms with Gasteiger partial charge in [-0.1, -0.05) is 0 Å². The highest BCUT2D eigenvalue weighted by atomic mass is 16.3. The fraction of sp³-hybridized carbons (Fsp3) is 0.900. The Morgan fingerprint density at radius 2 is 2.07 bits per heavy atom. The first-order valence-electron chi connectivity index (χ1n) is 5.19. The molecule has 0 saturated heterocycles. The van der Waals surface area contributed by atoms with E-state index < -0.39 is 5.60 Å². The van der Waals surface area contributed by atoms with Crippen LogP contribution in [0.5, 0.6) is 0 Å². The second-order valence-corrected chi connectivity index (χ2v) is 4.62. The summed E-state index contributed by atoms with van der Waals surface area (Å²) in [6, 6.07) is -0.0871. The van der Waals surface area contributed by atoms with Gasteiger partial charge < -0.3 is 15.7 Å². The van der Waals surface area contributed by atoms with E-state index in [9.17, 15) is 9.90 Å². The highest BCUT2D eigenvalue weighted by Gasteiger charge is 2.25. The molecule has 0 heterocycles. The molecule has 0 bridgehead atoms. The van der Waals surface area contributed by atoms with Crippen molar-refractivity contribution in [2.75, 3.05) is 0 Å². The van der Waals surface area contributed by atoms with E-state index in [1.54, 1.807) is 20.8 Å². The van der Waals surface area contributed by atoms with Crippen LogP contribution in [0.4, 0.5) is 4.79 Å². The number of aliphatic hydroxyl groups is 1. The normalized spacial score (nSPS) is 19.7. The van der Waals surface area contributed by atoms with Gasteiger partial charge in [-0.05, 0) is 40.0 Å². The van der Waals surface area contributed by atoms with Crippen LogP contribution >= 0.6 is 0 Å². The summed E-state index contributed by atoms with van der Waals surface area (Å²) in [6.07, 6.45) is 3.35. The number of carbonyl (C=O) groups excluding carboxylic acids is 1. The summed E-state index contributed by atoms with van der Waals surface area (Å²) in [7, 11) is 0. The lowest BCUT2D eigenvalue weighted by atomic mass is 9.93. The molecular formula is C10H20N2O2. The van der Waals surface area contributed by atoms with Gasteiger partial charge in [0, 0.05) is 6.04 Å². The topological polar surface area (TPSA) is 61.4 Å². The Morgan fingerprint density at radius 1 is 1.50 bits per heavy atom. The van der Waals surface area contributed by atoms with Crippen LogP contribution < -0.4 is 10.6 Å². The van der Waals surface area contributed by atoms with Crippen molar-refractivity contribution in [2.45, 2.75) is 57.7 Å². The highest BCUT2D eigenvalue weighted by Crippen LogP contribution is 2.17. The molecule has 1 rings (SSSR count). The maximum Gasteiger partial charge on any atom is 0.315 e. The van der Waals surface area contributed by atoms with Gasteiger partial charge in [-0.25, -0.2) is 4.79 Å². The highest BCUT2D eigenvalue weighted by molar-refractivity contribution is 5.74. The number of carbonyl (C=O) groups is 1. The van der Waals surface area contributed by atoms with Gasteiger partial charge in [0.1, 0.15) is 0 Å². The van der Waals surface area contributed by atoms with Gasteiger partial charge in [0.25, 0.3) is 0 Å². The van der Waals surface area contributed by atoms with Crippen molar-refractivity contribution in [1.29, 1.82) is 0 Å². The van der Waals surface area contributed by atoms with E-state index in [0.29, 0.717) is 6.04 Å². The molecule has 0 spiro atoms. The largest absolute Gasteiger partial charge is 0.388 e. The number of nitrogens with one attached hydrogen (secondary N) is 2. The fourth-order valence-corrected chi connectivity index (χ4v) is 1.15. The van der Waals surface area contributed by atoms with Crippen molar-refractivity contribution in [3.05, 3.63) is 0 Å². The number of urea groups is 1. The summed E-state index contributed by atoms with van der Waals surface area (Å²) in [5.74, 6) is 0. The van der Waals surface area contributed by atoms with Crippen molar-refractivity contribution in [3.8, 4) is 0 Å². The van der Waals surface area contributed by atoms with Gasteiger partial charge in [-0.3, -0.25) is 0 Å². The standard InChI is InChI=1S/C10H20N2O2/c1-7(10(2,3)14)11-9(13)12-8-5-4-6-8/h7-8,14H,4-6H2,1-3H3,(H2,11,12,13). The molecule has 1 unspecified atom stereocenters. The summed E-state index contributed by atoms with van der Waals surface area (Å²) in [4.78, 5) is 11.4. The van der Waals surface area contributed by atoms with Gasteiger partial charge in [0.15, 0.2) is 0 Å². The van der Waals surface area contributed by atoms with Crippen LogP contribution in [0.1, 0.15) is 40.0 Å². The zero-order valence-corrected chi connectivity index (χ0v) is 9.13. The summed E-state index contributed by atoms with van der Waals surface area (Å²) in [5, 5.41) is 15.2. The molecule has 0 radical (unpaired) electrons. The van der Waals surface area contributed by atoms with Crippen LogP contribution in [0.15, 0.2) is 0 Å². The van der Waals surface area contributed by atoms with Gasteiger partial charge in [0.2, 0.25) is 0 Å². The van der Waals surface area contributed by atoms with Crippen LogP contribution in [-0.2, 0) is 0 Å². The van der Waals surface area contributed by atoms with Gasteiger partial charge >= 0.3 is 6.03 Å². The second kappa shape index (κ2) is 4.17. The quantitative estimate of drug-likeness (QED) is 0.636. The minimum atomic E-state index is -0.878. The lowest BCUT2D eigenvalue weighted by Gasteiger charge is -2.30. The van der Waals surface area contributed by atoms with Crippen molar-refractivity contribution in [3.63, 3.8) is 0 Å². The van der Waals surface area contributed by atoms with Crippen LogP contribution in [0, 0.1) is 0 Å². The molecule has 1 atom stereocenters. The van der Waals surface area contributed by atoms with E-state index in [0.717, 1.165) is 12.8 Å². The molecule has 0 aromatic heterocycles. The van der Waals surface area contributed by atoms with Crippen LogP contribution in [0.3, 0.4) is 0 Å². The Labute approximate surface area is 85.1 Å². The van der Waals surface area contributed by atoms with E-state index in [2.05, 4.69) is 10.6 Å². The summed E-state index contributed by atoms with van der Waals surface area (Å²) >= 11 is 0. The minimum absolute atomic E-state index is 0.177. The number of hydrogen-bond acceptors (Lipinski definition) is 2. The molecule has 3 N–H and O–H groups in total. The zero-order valence-electron chi connectivity index (χ0n) is 9.13. The molecule has 0 aromatic rings. The third-order valence-corrected chi connectivity index (χ3v) is 2.85. The molecule has 4 heteroatoms. The van der Waals surface area contributed by atoms with Crippen molar-refractivity contribution in [1.82, 2.24) is 10.6 Å². The Kier molecular flexibility index (Phi) is 3.37. The summed E-state index contributed by atoms with van der Waals surface area (Å²) in [6.45, 7) is 5.16. The molecule has 2 amide bonds. The second-order valence-electron chi connectivity index (χ2n) is 4.62. The zero-order chi connectivity index (χ0) is 10.8. The predicted molar refractivity (Wildman–Crippen MR) is 55.1 cm³/mol. The first kappa shape index (κ1) is 11.3. The van der Waals surface area contributed by atoms with Crippen LogP contribution in [-0.4, -0.2) is 28.8 Å². The molecule has 1 aliphatic rings. The van der Waals surface area contributed by atoms with E-state index in [1.165, 1.54) is 6.42 Å². The fourth-order valence-electron chi connectivity index (χ4n) is 1.15. The van der Waals surface area contributed by atoms with Crippen molar-refractivity contribution in [2.24, 2.45) is 0 Å². The molecule has 1 saturated carbocycles. The van der Waals surface area contributed by atoms with E-state index in [1.807, 2.05) is 0 Å². The average molecular weight is 200 g/mol. The van der Waals surface area contributed by atoms with Gasteiger partial charge in [0.05, 0.1) is 11.6 Å².